The number of hydrogen-bond donors (Lipinski definition) is 1. The summed E-state index contributed by atoms with van der Waals surface area (Å²) in [5.41, 5.74) is 0. The quantitative estimate of drug-likeness (QED) is 0.936. The Bertz CT molecular complexity index is 628. The zero-order valence-electron chi connectivity index (χ0n) is 12.4. The van der Waals surface area contributed by atoms with Crippen LogP contribution in [-0.2, 0) is 6.54 Å². The molecule has 114 valence electrons. The van der Waals surface area contributed by atoms with Gasteiger partial charge in [-0.1, -0.05) is 29.8 Å². The highest BCUT2D eigenvalue weighted by Gasteiger charge is 2.31. The van der Waals surface area contributed by atoms with Crippen molar-refractivity contribution in [1.82, 2.24) is 9.80 Å². The molecular weight excluding hydrogens is 304 g/mol. The molecule has 0 radical (unpaired) electrons. The Morgan fingerprint density at radius 2 is 2.14 bits per heavy atom. The van der Waals surface area contributed by atoms with Crippen LogP contribution in [0.4, 0.5) is 0 Å². The summed E-state index contributed by atoms with van der Waals surface area (Å²) >= 11 is 8.30. The number of fused-ring (bicyclic) bond motifs is 1. The molecule has 21 heavy (non-hydrogen) atoms. The zero-order valence-corrected chi connectivity index (χ0v) is 14.0. The van der Waals surface area contributed by atoms with E-state index in [1.807, 2.05) is 12.1 Å². The van der Waals surface area contributed by atoms with Gasteiger partial charge in [0.1, 0.15) is 0 Å². The summed E-state index contributed by atoms with van der Waals surface area (Å²) in [6.07, 6.45) is 0.629. The maximum Gasteiger partial charge on any atom is 0.0682 e. The van der Waals surface area contributed by atoms with E-state index in [2.05, 4.69) is 36.0 Å². The van der Waals surface area contributed by atoms with Crippen molar-refractivity contribution in [3.05, 3.63) is 34.2 Å². The highest BCUT2D eigenvalue weighted by atomic mass is 35.5. The fraction of sp³-hybridized carbons (Fsp3) is 0.500. The van der Waals surface area contributed by atoms with Crippen molar-refractivity contribution >= 4 is 33.0 Å². The molecule has 0 bridgehead atoms. The first kappa shape index (κ1) is 15.3. The normalized spacial score (nSPS) is 23.5. The third-order valence-electron chi connectivity index (χ3n) is 4.03. The second-order valence-electron chi connectivity index (χ2n) is 6.07. The van der Waals surface area contributed by atoms with Crippen LogP contribution in [0.25, 0.3) is 10.1 Å². The van der Waals surface area contributed by atoms with E-state index in [-0.39, 0.29) is 6.10 Å². The molecule has 2 heterocycles. The molecule has 1 aromatic carbocycles. The Morgan fingerprint density at radius 3 is 2.86 bits per heavy atom. The van der Waals surface area contributed by atoms with E-state index in [4.69, 9.17) is 11.6 Å². The lowest BCUT2D eigenvalue weighted by molar-refractivity contribution is 0.170. The molecule has 1 aliphatic rings. The number of benzene rings is 1. The van der Waals surface area contributed by atoms with Gasteiger partial charge in [-0.2, -0.15) is 0 Å². The number of rotatable bonds is 4. The summed E-state index contributed by atoms with van der Waals surface area (Å²) in [4.78, 5) is 5.75. The lowest BCUT2D eigenvalue weighted by atomic mass is 10.2. The summed E-state index contributed by atoms with van der Waals surface area (Å²) < 4.78 is 1.24. The molecule has 3 rings (SSSR count). The molecule has 1 fully saturated rings. The second-order valence-corrected chi connectivity index (χ2v) is 7.59. The molecule has 2 atom stereocenters. The Kier molecular flexibility index (Phi) is 4.52. The SMILES string of the molecule is CN(C)CC1CC(O)CN1Cc1sc2ccccc2c1Cl. The van der Waals surface area contributed by atoms with Crippen molar-refractivity contribution in [1.29, 1.82) is 0 Å². The van der Waals surface area contributed by atoms with E-state index in [1.54, 1.807) is 11.3 Å². The summed E-state index contributed by atoms with van der Waals surface area (Å²) in [6, 6.07) is 8.67. The number of nitrogens with zero attached hydrogens (tertiary/aromatic N) is 2. The summed E-state index contributed by atoms with van der Waals surface area (Å²) in [7, 11) is 4.16. The molecule has 0 amide bonds. The Balaban J connectivity index is 1.82. The van der Waals surface area contributed by atoms with E-state index in [9.17, 15) is 5.11 Å². The topological polar surface area (TPSA) is 26.7 Å². The first-order valence-corrected chi connectivity index (χ1v) is 8.47. The first-order valence-electron chi connectivity index (χ1n) is 7.27. The number of hydrogen-bond acceptors (Lipinski definition) is 4. The van der Waals surface area contributed by atoms with Crippen molar-refractivity contribution in [3.8, 4) is 0 Å². The molecule has 0 saturated carbocycles. The van der Waals surface area contributed by atoms with E-state index < -0.39 is 0 Å². The van der Waals surface area contributed by atoms with E-state index in [0.717, 1.165) is 36.5 Å². The molecule has 1 N–H and O–H groups in total. The van der Waals surface area contributed by atoms with Crippen LogP contribution in [-0.4, -0.2) is 54.2 Å². The number of likely N-dealkylation sites (N-methyl/N-ethyl adjacent to an activating group) is 1. The average molecular weight is 325 g/mol. The second kappa shape index (κ2) is 6.23. The van der Waals surface area contributed by atoms with Crippen LogP contribution in [0.15, 0.2) is 24.3 Å². The third-order valence-corrected chi connectivity index (χ3v) is 5.73. The van der Waals surface area contributed by atoms with E-state index in [1.165, 1.54) is 9.58 Å². The Morgan fingerprint density at radius 1 is 1.38 bits per heavy atom. The minimum atomic E-state index is -0.219. The fourth-order valence-electron chi connectivity index (χ4n) is 3.11. The maximum atomic E-state index is 9.98. The van der Waals surface area contributed by atoms with Crippen molar-refractivity contribution in [3.63, 3.8) is 0 Å². The van der Waals surface area contributed by atoms with Crippen LogP contribution in [0.2, 0.25) is 5.02 Å². The molecule has 1 saturated heterocycles. The molecule has 1 aromatic heterocycles. The number of aliphatic hydroxyl groups excluding tert-OH is 1. The molecule has 0 spiro atoms. The maximum absolute atomic E-state index is 9.98. The first-order chi connectivity index (χ1) is 10.0. The zero-order chi connectivity index (χ0) is 15.0. The van der Waals surface area contributed by atoms with Crippen molar-refractivity contribution in [2.45, 2.75) is 25.1 Å². The number of thiophene rings is 1. The minimum absolute atomic E-state index is 0.219. The van der Waals surface area contributed by atoms with Crippen LogP contribution < -0.4 is 0 Å². The predicted molar refractivity (Wildman–Crippen MR) is 90.2 cm³/mol. The van der Waals surface area contributed by atoms with Gasteiger partial charge in [-0.15, -0.1) is 11.3 Å². The highest BCUT2D eigenvalue weighted by molar-refractivity contribution is 7.19. The molecule has 1 aliphatic heterocycles. The summed E-state index contributed by atoms with van der Waals surface area (Å²) in [5, 5.41) is 12.0. The molecule has 5 heteroatoms. The van der Waals surface area contributed by atoms with Crippen LogP contribution in [0, 0.1) is 0 Å². The third kappa shape index (κ3) is 3.25. The van der Waals surface area contributed by atoms with Crippen LogP contribution in [0.5, 0.6) is 0 Å². The van der Waals surface area contributed by atoms with Gasteiger partial charge in [-0.05, 0) is 26.6 Å². The largest absolute Gasteiger partial charge is 0.392 e. The van der Waals surface area contributed by atoms with Crippen LogP contribution in [0.3, 0.4) is 0 Å². The minimum Gasteiger partial charge on any atom is -0.392 e. The van der Waals surface area contributed by atoms with Crippen LogP contribution in [0.1, 0.15) is 11.3 Å². The van der Waals surface area contributed by atoms with E-state index in [0.29, 0.717) is 6.04 Å². The number of aliphatic hydroxyl groups is 1. The molecule has 3 nitrogen and oxygen atoms in total. The number of β-amino-alcohol motifs (C(OH)–C–C–N with tert-alkyl or cyclic N) is 1. The lowest BCUT2D eigenvalue weighted by Crippen LogP contribution is -2.36. The lowest BCUT2D eigenvalue weighted by Gasteiger charge is -2.26. The van der Waals surface area contributed by atoms with Gasteiger partial charge >= 0.3 is 0 Å². The van der Waals surface area contributed by atoms with Gasteiger partial charge in [0, 0.05) is 40.6 Å². The van der Waals surface area contributed by atoms with Crippen molar-refractivity contribution < 1.29 is 5.11 Å². The molecular formula is C16H21ClN2OS. The Hall–Kier alpha value is -0.650. The Labute approximate surface area is 134 Å². The van der Waals surface area contributed by atoms with Crippen LogP contribution >= 0.6 is 22.9 Å². The van der Waals surface area contributed by atoms with Gasteiger partial charge in [0.05, 0.1) is 11.1 Å². The fourth-order valence-corrected chi connectivity index (χ4v) is 4.63. The van der Waals surface area contributed by atoms with Gasteiger partial charge < -0.3 is 10.0 Å². The van der Waals surface area contributed by atoms with Gasteiger partial charge in [-0.25, -0.2) is 0 Å². The van der Waals surface area contributed by atoms with Gasteiger partial charge in [0.15, 0.2) is 0 Å². The smallest absolute Gasteiger partial charge is 0.0682 e. The van der Waals surface area contributed by atoms with Gasteiger partial charge in [0.25, 0.3) is 0 Å². The molecule has 2 aromatic rings. The van der Waals surface area contributed by atoms with E-state index >= 15 is 0 Å². The monoisotopic (exact) mass is 324 g/mol. The summed E-state index contributed by atoms with van der Waals surface area (Å²) in [5.74, 6) is 0. The highest BCUT2D eigenvalue weighted by Crippen LogP contribution is 2.37. The van der Waals surface area contributed by atoms with Crippen molar-refractivity contribution in [2.24, 2.45) is 0 Å². The van der Waals surface area contributed by atoms with Gasteiger partial charge in [-0.3, -0.25) is 4.90 Å². The molecule has 0 aliphatic carbocycles. The average Bonchev–Trinajstić information content (AvgIpc) is 2.92. The standard InChI is InChI=1S/C16H21ClN2OS/c1-18(2)8-11-7-12(20)9-19(11)10-15-16(17)13-5-3-4-6-14(13)21-15/h3-6,11-12,20H,7-10H2,1-2H3. The van der Waals surface area contributed by atoms with Gasteiger partial charge in [0.2, 0.25) is 0 Å². The van der Waals surface area contributed by atoms with Crippen molar-refractivity contribution in [2.75, 3.05) is 27.2 Å². The number of halogens is 1. The predicted octanol–water partition coefficient (Wildman–Crippen LogP) is 3.05. The number of likely N-dealkylation sites (tertiary alicyclic amines) is 1. The summed E-state index contributed by atoms with van der Waals surface area (Å²) in [6.45, 7) is 2.54. The molecule has 2 unspecified atom stereocenters.